The summed E-state index contributed by atoms with van der Waals surface area (Å²) in [4.78, 5) is 10.3. The topological polar surface area (TPSA) is 157 Å². The third-order valence-corrected chi connectivity index (χ3v) is 6.02. The van der Waals surface area contributed by atoms with Gasteiger partial charge in [-0.2, -0.15) is 4.89 Å². The number of aliphatic hydroxyl groups is 4. The van der Waals surface area contributed by atoms with Gasteiger partial charge in [-0.05, 0) is 24.1 Å². The van der Waals surface area contributed by atoms with Crippen LogP contribution in [0.3, 0.4) is 0 Å². The molecule has 2 aliphatic rings. The normalized spacial score (nSPS) is 28.5. The number of methoxy groups -OCH3 is 2. The first-order chi connectivity index (χ1) is 16.4. The van der Waals surface area contributed by atoms with Gasteiger partial charge in [-0.25, -0.2) is 0 Å². The van der Waals surface area contributed by atoms with Crippen LogP contribution >= 0.6 is 0 Å². The second-order valence-electron chi connectivity index (χ2n) is 8.10. The van der Waals surface area contributed by atoms with Crippen LogP contribution in [0, 0.1) is 0 Å². The molecule has 11 heteroatoms. The van der Waals surface area contributed by atoms with Crippen LogP contribution in [0.25, 0.3) is 0 Å². The summed E-state index contributed by atoms with van der Waals surface area (Å²) in [5.41, 5.74) is 1.56. The van der Waals surface area contributed by atoms with Gasteiger partial charge in [0.1, 0.15) is 30.2 Å². The summed E-state index contributed by atoms with van der Waals surface area (Å²) in [6.45, 7) is -0.276. The lowest BCUT2D eigenvalue weighted by atomic mass is 9.89. The first-order valence-corrected chi connectivity index (χ1v) is 10.7. The minimum atomic E-state index is -1.58. The van der Waals surface area contributed by atoms with Crippen molar-refractivity contribution in [2.75, 3.05) is 27.4 Å². The summed E-state index contributed by atoms with van der Waals surface area (Å²) in [5.74, 6) is 1.40. The Hall–Kier alpha value is -2.80. The average molecular weight is 480 g/mol. The molecule has 0 bridgehead atoms. The van der Waals surface area contributed by atoms with Gasteiger partial charge in [0.15, 0.2) is 17.2 Å². The van der Waals surface area contributed by atoms with Gasteiger partial charge in [-0.3, -0.25) is 0 Å². The number of aliphatic hydroxyl groups excluding tert-OH is 4. The molecule has 0 amide bonds. The summed E-state index contributed by atoms with van der Waals surface area (Å²) in [6.07, 6.45) is -6.59. The summed E-state index contributed by atoms with van der Waals surface area (Å²) >= 11 is 0. The maximum absolute atomic E-state index is 10.7. The van der Waals surface area contributed by atoms with E-state index in [0.717, 1.165) is 5.56 Å². The first-order valence-electron chi connectivity index (χ1n) is 10.7. The number of phenolic OH excluding ortho intramolecular Hbond substituents is 1. The molecular weight excluding hydrogens is 452 g/mol. The Kier molecular flexibility index (Phi) is 7.31. The molecule has 2 unspecified atom stereocenters. The number of benzene rings is 2. The molecule has 2 aromatic carbocycles. The largest absolute Gasteiger partial charge is 0.504 e. The Morgan fingerprint density at radius 3 is 2.50 bits per heavy atom. The van der Waals surface area contributed by atoms with E-state index in [4.69, 9.17) is 28.7 Å². The molecule has 0 saturated carbocycles. The van der Waals surface area contributed by atoms with Crippen LogP contribution < -0.4 is 19.1 Å². The molecule has 0 aromatic heterocycles. The highest BCUT2D eigenvalue weighted by Crippen LogP contribution is 2.44. The van der Waals surface area contributed by atoms with Crippen LogP contribution in [-0.4, -0.2) is 83.7 Å². The first kappa shape index (κ1) is 24.3. The number of hydrogen-bond acceptors (Lipinski definition) is 11. The quantitative estimate of drug-likeness (QED) is 0.273. The van der Waals surface area contributed by atoms with E-state index in [1.807, 2.05) is 0 Å². The van der Waals surface area contributed by atoms with E-state index in [0.29, 0.717) is 30.1 Å². The second-order valence-corrected chi connectivity index (χ2v) is 8.10. The molecule has 34 heavy (non-hydrogen) atoms. The minimum absolute atomic E-state index is 0.00628. The Morgan fingerprint density at radius 1 is 1.00 bits per heavy atom. The summed E-state index contributed by atoms with van der Waals surface area (Å²) in [7, 11) is 2.96. The lowest BCUT2D eigenvalue weighted by molar-refractivity contribution is -0.386. The van der Waals surface area contributed by atoms with E-state index in [1.165, 1.54) is 14.2 Å². The minimum Gasteiger partial charge on any atom is -0.504 e. The third-order valence-electron chi connectivity index (χ3n) is 6.02. The number of fused-ring (bicyclic) bond motifs is 1. The van der Waals surface area contributed by atoms with Crippen LogP contribution in [0.2, 0.25) is 0 Å². The standard InChI is InChI=1S/C23H28O11/c1-29-15-6-5-14(18(25)22(15)30-2)12-7-11-3-4-13(8-16(11)31-10-12)33-34-23-21(28)20(27)19(26)17(9-24)32-23/h3-6,8,12,17,19-21,23-28H,7,9-10H2,1-2H3/t12?,17-,19-,20+,21-,23?/m1/s1. The Morgan fingerprint density at radius 2 is 1.79 bits per heavy atom. The molecule has 4 rings (SSSR count). The average Bonchev–Trinajstić information content (AvgIpc) is 2.86. The van der Waals surface area contributed by atoms with E-state index >= 15 is 0 Å². The van der Waals surface area contributed by atoms with Gasteiger partial charge >= 0.3 is 0 Å². The number of ether oxygens (including phenoxy) is 4. The fourth-order valence-electron chi connectivity index (χ4n) is 4.11. The number of rotatable bonds is 7. The van der Waals surface area contributed by atoms with Crippen molar-refractivity contribution in [1.29, 1.82) is 0 Å². The smallest absolute Gasteiger partial charge is 0.232 e. The molecule has 0 radical (unpaired) electrons. The van der Waals surface area contributed by atoms with Gasteiger partial charge in [0, 0.05) is 17.5 Å². The lowest BCUT2D eigenvalue weighted by Crippen LogP contribution is -2.59. The van der Waals surface area contributed by atoms with Crippen LogP contribution in [0.4, 0.5) is 0 Å². The Balaban J connectivity index is 1.43. The van der Waals surface area contributed by atoms with Gasteiger partial charge in [-0.15, -0.1) is 0 Å². The fourth-order valence-corrected chi connectivity index (χ4v) is 4.11. The maximum Gasteiger partial charge on any atom is 0.232 e. The summed E-state index contributed by atoms with van der Waals surface area (Å²) in [6, 6.07) is 8.52. The van der Waals surface area contributed by atoms with Gasteiger partial charge in [-0.1, -0.05) is 12.1 Å². The highest BCUT2D eigenvalue weighted by Gasteiger charge is 2.45. The van der Waals surface area contributed by atoms with Crippen molar-refractivity contribution in [2.24, 2.45) is 0 Å². The molecule has 0 spiro atoms. The van der Waals surface area contributed by atoms with Crippen molar-refractivity contribution in [2.45, 2.75) is 43.0 Å². The molecule has 6 atom stereocenters. The number of phenols is 1. The zero-order chi connectivity index (χ0) is 24.4. The predicted molar refractivity (Wildman–Crippen MR) is 115 cm³/mol. The molecule has 2 aromatic rings. The molecule has 1 fully saturated rings. The van der Waals surface area contributed by atoms with Crippen molar-refractivity contribution in [1.82, 2.24) is 0 Å². The number of hydrogen-bond donors (Lipinski definition) is 5. The number of aromatic hydroxyl groups is 1. The molecule has 2 heterocycles. The van der Waals surface area contributed by atoms with E-state index in [-0.39, 0.29) is 23.2 Å². The van der Waals surface area contributed by atoms with Crippen molar-refractivity contribution in [3.63, 3.8) is 0 Å². The molecule has 2 aliphatic heterocycles. The van der Waals surface area contributed by atoms with Gasteiger partial charge in [0.05, 0.1) is 27.4 Å². The third kappa shape index (κ3) is 4.58. The summed E-state index contributed by atoms with van der Waals surface area (Å²) in [5, 5.41) is 49.6. The van der Waals surface area contributed by atoms with Crippen molar-refractivity contribution >= 4 is 0 Å². The van der Waals surface area contributed by atoms with Crippen molar-refractivity contribution < 1.29 is 54.3 Å². The van der Waals surface area contributed by atoms with E-state index in [9.17, 15) is 25.5 Å². The maximum atomic E-state index is 10.7. The van der Waals surface area contributed by atoms with Gasteiger partial charge < -0.3 is 49.4 Å². The molecule has 1 saturated heterocycles. The SMILES string of the molecule is COc1ccc(C2COc3cc(OOC4O[C@H](CO)[C@@H](O)[C@H](O)[C@H]4O)ccc3C2)c(O)c1OC. The van der Waals surface area contributed by atoms with Gasteiger partial charge in [0.25, 0.3) is 0 Å². The highest BCUT2D eigenvalue weighted by atomic mass is 17.2. The van der Waals surface area contributed by atoms with Gasteiger partial charge in [0.2, 0.25) is 12.0 Å². The molecule has 0 aliphatic carbocycles. The monoisotopic (exact) mass is 480 g/mol. The Bertz CT molecular complexity index is 995. The second kappa shape index (κ2) is 10.2. The summed E-state index contributed by atoms with van der Waals surface area (Å²) < 4.78 is 21.6. The lowest BCUT2D eigenvalue weighted by Gasteiger charge is -2.38. The van der Waals surface area contributed by atoms with Crippen molar-refractivity contribution in [3.8, 4) is 28.7 Å². The van der Waals surface area contributed by atoms with E-state index in [1.54, 1.807) is 30.3 Å². The molecule has 186 valence electrons. The molecule has 5 N–H and O–H groups in total. The highest BCUT2D eigenvalue weighted by molar-refractivity contribution is 5.56. The molecule has 11 nitrogen and oxygen atoms in total. The van der Waals surface area contributed by atoms with Crippen LogP contribution in [0.1, 0.15) is 17.0 Å². The Labute approximate surface area is 195 Å². The predicted octanol–water partition coefficient (Wildman–Crippen LogP) is 0.238. The molecular formula is C23H28O11. The van der Waals surface area contributed by atoms with Crippen LogP contribution in [0.5, 0.6) is 28.7 Å². The van der Waals surface area contributed by atoms with E-state index < -0.39 is 37.3 Å². The zero-order valence-electron chi connectivity index (χ0n) is 18.7. The fraction of sp³-hybridized carbons (Fsp3) is 0.478. The van der Waals surface area contributed by atoms with Crippen molar-refractivity contribution in [3.05, 3.63) is 41.5 Å². The van der Waals surface area contributed by atoms with Crippen LogP contribution in [-0.2, 0) is 16.0 Å². The van der Waals surface area contributed by atoms with E-state index in [2.05, 4.69) is 0 Å². The zero-order valence-corrected chi connectivity index (χ0v) is 18.7. The van der Waals surface area contributed by atoms with Crippen LogP contribution in [0.15, 0.2) is 30.3 Å².